The molecule has 122 valence electrons. The first kappa shape index (κ1) is 15.3. The highest BCUT2D eigenvalue weighted by molar-refractivity contribution is 5.80. The molecule has 1 aliphatic heterocycles. The molecule has 2 atom stereocenters. The predicted octanol–water partition coefficient (Wildman–Crippen LogP) is 5.96. The predicted molar refractivity (Wildman–Crippen MR) is 104 cm³/mol. The summed E-state index contributed by atoms with van der Waals surface area (Å²) in [4.78, 5) is 2.57. The van der Waals surface area contributed by atoms with Gasteiger partial charge in [0, 0.05) is 17.3 Å². The van der Waals surface area contributed by atoms with Gasteiger partial charge in [0.05, 0.1) is 6.04 Å². The number of para-hydroxylation sites is 1. The Balaban J connectivity index is 2.01. The molecule has 1 unspecified atom stereocenters. The molecule has 2 aliphatic rings. The van der Waals surface area contributed by atoms with Crippen LogP contribution in [0.15, 0.2) is 48.6 Å². The molecule has 0 amide bonds. The lowest BCUT2D eigenvalue weighted by Crippen LogP contribution is -2.30. The van der Waals surface area contributed by atoms with E-state index in [9.17, 15) is 0 Å². The number of anilines is 2. The molecule has 1 heterocycles. The number of rotatable bonds is 1. The smallest absolute Gasteiger partial charge is 0.0629 e. The second-order valence-electron chi connectivity index (χ2n) is 7.19. The number of hydrogen-bond acceptors (Lipinski definition) is 1. The molecule has 2 aromatic rings. The molecule has 1 aliphatic carbocycles. The molecule has 4 rings (SSSR count). The first-order valence-electron chi connectivity index (χ1n) is 8.82. The van der Waals surface area contributed by atoms with Gasteiger partial charge in [-0.15, -0.1) is 0 Å². The van der Waals surface area contributed by atoms with Gasteiger partial charge in [0.15, 0.2) is 0 Å². The van der Waals surface area contributed by atoms with E-state index < -0.39 is 0 Å². The largest absolute Gasteiger partial charge is 0.333 e. The van der Waals surface area contributed by atoms with Crippen LogP contribution in [-0.4, -0.2) is 6.04 Å². The van der Waals surface area contributed by atoms with E-state index in [1.54, 1.807) is 0 Å². The van der Waals surface area contributed by atoms with Crippen LogP contribution < -0.4 is 4.90 Å². The van der Waals surface area contributed by atoms with Crippen LogP contribution in [0.25, 0.3) is 0 Å². The van der Waals surface area contributed by atoms with Crippen LogP contribution in [0.4, 0.5) is 11.4 Å². The lowest BCUT2D eigenvalue weighted by Gasteiger charge is -2.33. The third-order valence-electron chi connectivity index (χ3n) is 6.16. The second kappa shape index (κ2) is 5.37. The minimum Gasteiger partial charge on any atom is -0.333 e. The third kappa shape index (κ3) is 1.94. The van der Waals surface area contributed by atoms with Crippen LogP contribution in [0, 0.1) is 34.6 Å². The fraction of sp³-hybridized carbons (Fsp3) is 0.304. The minimum absolute atomic E-state index is 0.381. The van der Waals surface area contributed by atoms with Crippen LogP contribution in [0.1, 0.15) is 39.3 Å². The van der Waals surface area contributed by atoms with Gasteiger partial charge in [-0.05, 0) is 74.1 Å². The van der Waals surface area contributed by atoms with E-state index in [-0.39, 0.29) is 0 Å². The molecular formula is C23H25N. The highest BCUT2D eigenvalue weighted by Crippen LogP contribution is 2.50. The summed E-state index contributed by atoms with van der Waals surface area (Å²) < 4.78 is 0. The molecule has 1 nitrogen and oxygen atoms in total. The van der Waals surface area contributed by atoms with E-state index in [0.29, 0.717) is 12.0 Å². The topological polar surface area (TPSA) is 3.24 Å². The summed E-state index contributed by atoms with van der Waals surface area (Å²) in [5.41, 5.74) is 11.3. The van der Waals surface area contributed by atoms with Crippen molar-refractivity contribution in [2.24, 2.45) is 0 Å². The van der Waals surface area contributed by atoms with Gasteiger partial charge < -0.3 is 4.90 Å². The summed E-state index contributed by atoms with van der Waals surface area (Å²) in [5.74, 6) is 0.451. The zero-order valence-electron chi connectivity index (χ0n) is 15.2. The van der Waals surface area contributed by atoms with Crippen molar-refractivity contribution in [2.75, 3.05) is 4.90 Å². The van der Waals surface area contributed by atoms with Crippen LogP contribution in [-0.2, 0) is 0 Å². The summed E-state index contributed by atoms with van der Waals surface area (Å²) in [6, 6.07) is 9.27. The number of hydrogen-bond donors (Lipinski definition) is 0. The lowest BCUT2D eigenvalue weighted by atomic mass is 9.90. The molecule has 0 spiro atoms. The fourth-order valence-corrected chi connectivity index (χ4v) is 4.39. The Morgan fingerprint density at radius 3 is 2.00 bits per heavy atom. The molecule has 0 saturated carbocycles. The van der Waals surface area contributed by atoms with Gasteiger partial charge in [-0.3, -0.25) is 0 Å². The van der Waals surface area contributed by atoms with Crippen LogP contribution >= 0.6 is 0 Å². The van der Waals surface area contributed by atoms with Crippen molar-refractivity contribution in [3.05, 3.63) is 82.0 Å². The lowest BCUT2D eigenvalue weighted by molar-refractivity contribution is 0.741. The third-order valence-corrected chi connectivity index (χ3v) is 6.16. The molecule has 0 aromatic heterocycles. The van der Waals surface area contributed by atoms with Crippen molar-refractivity contribution < 1.29 is 0 Å². The first-order valence-corrected chi connectivity index (χ1v) is 8.82. The highest BCUT2D eigenvalue weighted by atomic mass is 15.2. The van der Waals surface area contributed by atoms with Gasteiger partial charge in [-0.25, -0.2) is 0 Å². The van der Waals surface area contributed by atoms with E-state index in [0.717, 1.165) is 0 Å². The van der Waals surface area contributed by atoms with E-state index in [2.05, 4.69) is 88.1 Å². The van der Waals surface area contributed by atoms with Crippen molar-refractivity contribution in [2.45, 2.75) is 46.6 Å². The van der Waals surface area contributed by atoms with Crippen LogP contribution in [0.3, 0.4) is 0 Å². The molecule has 2 aromatic carbocycles. The van der Waals surface area contributed by atoms with Gasteiger partial charge in [0.2, 0.25) is 0 Å². The Kier molecular flexibility index (Phi) is 3.42. The Labute approximate surface area is 145 Å². The average molecular weight is 315 g/mol. The van der Waals surface area contributed by atoms with Crippen molar-refractivity contribution in [1.29, 1.82) is 0 Å². The zero-order chi connectivity index (χ0) is 17.0. The van der Waals surface area contributed by atoms with Crippen LogP contribution in [0.5, 0.6) is 0 Å². The number of fused-ring (bicyclic) bond motifs is 3. The maximum absolute atomic E-state index is 2.57. The fourth-order valence-electron chi connectivity index (χ4n) is 4.39. The van der Waals surface area contributed by atoms with Crippen molar-refractivity contribution in [3.8, 4) is 0 Å². The van der Waals surface area contributed by atoms with E-state index >= 15 is 0 Å². The zero-order valence-corrected chi connectivity index (χ0v) is 15.2. The molecule has 24 heavy (non-hydrogen) atoms. The van der Waals surface area contributed by atoms with Gasteiger partial charge in [-0.2, -0.15) is 0 Å². The molecule has 0 bridgehead atoms. The normalized spacial score (nSPS) is 21.1. The van der Waals surface area contributed by atoms with Crippen molar-refractivity contribution in [1.82, 2.24) is 0 Å². The van der Waals surface area contributed by atoms with Gasteiger partial charge in [0.1, 0.15) is 0 Å². The maximum Gasteiger partial charge on any atom is 0.0629 e. The van der Waals surface area contributed by atoms with Gasteiger partial charge in [-0.1, -0.05) is 42.5 Å². The number of benzene rings is 2. The second-order valence-corrected chi connectivity index (χ2v) is 7.19. The molecule has 0 saturated heterocycles. The standard InChI is InChI=1S/C23H25N/c1-14-15(2)17(4)23(18(5)16(14)3)24-21-12-8-6-10-19(21)20-11-7-9-13-22(20)24/h6-13,19,21H,1-5H3/t19-,21?/m0/s1. The summed E-state index contributed by atoms with van der Waals surface area (Å²) in [5, 5.41) is 0. The Hall–Kier alpha value is -2.28. The van der Waals surface area contributed by atoms with Crippen molar-refractivity contribution in [3.63, 3.8) is 0 Å². The Bertz CT molecular complexity index is 856. The SMILES string of the molecule is Cc1c(C)c(C)c(N2c3ccccc3[C@@H]3C=CC=CC32)c(C)c1C. The summed E-state index contributed by atoms with van der Waals surface area (Å²) in [7, 11) is 0. The Morgan fingerprint density at radius 1 is 0.708 bits per heavy atom. The molecule has 0 radical (unpaired) electrons. The number of allylic oxidation sites excluding steroid dienone is 2. The van der Waals surface area contributed by atoms with E-state index in [1.165, 1.54) is 44.8 Å². The Morgan fingerprint density at radius 2 is 1.29 bits per heavy atom. The first-order chi connectivity index (χ1) is 11.5. The van der Waals surface area contributed by atoms with E-state index in [1.807, 2.05) is 0 Å². The van der Waals surface area contributed by atoms with Gasteiger partial charge in [0.25, 0.3) is 0 Å². The maximum atomic E-state index is 2.57. The summed E-state index contributed by atoms with van der Waals surface area (Å²) >= 11 is 0. The van der Waals surface area contributed by atoms with Crippen LogP contribution in [0.2, 0.25) is 0 Å². The monoisotopic (exact) mass is 315 g/mol. The molecule has 0 fully saturated rings. The van der Waals surface area contributed by atoms with Crippen molar-refractivity contribution >= 4 is 11.4 Å². The molecular weight excluding hydrogens is 290 g/mol. The number of nitrogens with zero attached hydrogens (tertiary/aromatic N) is 1. The average Bonchev–Trinajstić information content (AvgIpc) is 2.94. The molecule has 0 N–H and O–H groups in total. The summed E-state index contributed by atoms with van der Waals surface area (Å²) in [6.07, 6.45) is 9.08. The quantitative estimate of drug-likeness (QED) is 0.627. The van der Waals surface area contributed by atoms with Gasteiger partial charge >= 0.3 is 0 Å². The highest BCUT2D eigenvalue weighted by Gasteiger charge is 2.38. The van der Waals surface area contributed by atoms with E-state index in [4.69, 9.17) is 0 Å². The minimum atomic E-state index is 0.381. The molecule has 1 heteroatoms. The summed E-state index contributed by atoms with van der Waals surface area (Å²) in [6.45, 7) is 11.3.